The van der Waals surface area contributed by atoms with Gasteiger partial charge in [0.2, 0.25) is 5.88 Å². The van der Waals surface area contributed by atoms with Gasteiger partial charge < -0.3 is 19.1 Å². The molecule has 2 aromatic carbocycles. The monoisotopic (exact) mass is 381 g/mol. The van der Waals surface area contributed by atoms with Gasteiger partial charge in [0.15, 0.2) is 23.8 Å². The van der Waals surface area contributed by atoms with E-state index in [2.05, 4.69) is 24.1 Å². The highest BCUT2D eigenvalue weighted by molar-refractivity contribution is 5.95. The minimum Gasteiger partial charge on any atom is -0.493 e. The molecule has 0 aliphatic carbocycles. The van der Waals surface area contributed by atoms with Crippen LogP contribution in [0, 0.1) is 5.92 Å². The van der Waals surface area contributed by atoms with E-state index in [0.29, 0.717) is 24.0 Å². The molecule has 146 valence electrons. The zero-order valence-corrected chi connectivity index (χ0v) is 16.1. The van der Waals surface area contributed by atoms with E-state index >= 15 is 0 Å². The number of rotatable bonds is 7. The van der Waals surface area contributed by atoms with Gasteiger partial charge in [-0.15, -0.1) is 10.2 Å². The van der Waals surface area contributed by atoms with Crippen LogP contribution in [0.4, 0.5) is 5.69 Å². The van der Waals surface area contributed by atoms with Gasteiger partial charge in [0.25, 0.3) is 0 Å². The first-order valence-corrected chi connectivity index (χ1v) is 9.01. The van der Waals surface area contributed by atoms with Gasteiger partial charge >= 0.3 is 5.91 Å². The topological polar surface area (TPSA) is 85.4 Å². The lowest BCUT2D eigenvalue weighted by Crippen LogP contribution is -2.08. The molecule has 7 nitrogen and oxygen atoms in total. The maximum atomic E-state index is 12.1. The van der Waals surface area contributed by atoms with E-state index in [9.17, 15) is 9.90 Å². The van der Waals surface area contributed by atoms with Crippen molar-refractivity contribution in [3.05, 3.63) is 48.5 Å². The summed E-state index contributed by atoms with van der Waals surface area (Å²) in [5.41, 5.74) is 1.13. The number of ether oxygens (including phenoxy) is 2. The molecule has 1 heterocycles. The minimum atomic E-state index is -0.564. The van der Waals surface area contributed by atoms with Crippen molar-refractivity contribution in [1.29, 1.82) is 0 Å². The van der Waals surface area contributed by atoms with Crippen molar-refractivity contribution in [3.63, 3.8) is 0 Å². The summed E-state index contributed by atoms with van der Waals surface area (Å²) in [5.74, 6) is 0.747. The number of para-hydroxylation sites is 3. The third kappa shape index (κ3) is 4.14. The van der Waals surface area contributed by atoms with Gasteiger partial charge in [0.05, 0.1) is 12.6 Å². The number of amides is 1. The highest BCUT2D eigenvalue weighted by atomic mass is 16.5. The molecule has 3 rings (SSSR count). The number of aromatic hydroxyl groups is 1. The van der Waals surface area contributed by atoms with Crippen molar-refractivity contribution >= 4 is 22.5 Å². The van der Waals surface area contributed by atoms with Crippen molar-refractivity contribution in [2.45, 2.75) is 20.4 Å². The summed E-state index contributed by atoms with van der Waals surface area (Å²) < 4.78 is 12.4. The first-order valence-electron chi connectivity index (χ1n) is 9.01. The fourth-order valence-electron chi connectivity index (χ4n) is 2.93. The number of azo groups is 1. The Morgan fingerprint density at radius 2 is 1.79 bits per heavy atom. The highest BCUT2D eigenvalue weighted by Gasteiger charge is 2.17. The van der Waals surface area contributed by atoms with Crippen molar-refractivity contribution in [2.24, 2.45) is 16.1 Å². The summed E-state index contributed by atoms with van der Waals surface area (Å²) in [6, 6.07) is 14.5. The lowest BCUT2D eigenvalue weighted by molar-refractivity contribution is -0.120. The zero-order chi connectivity index (χ0) is 20.1. The Balaban J connectivity index is 1.79. The second-order valence-corrected chi connectivity index (χ2v) is 6.73. The summed E-state index contributed by atoms with van der Waals surface area (Å²) in [4.78, 5) is 12.1. The largest absolute Gasteiger partial charge is 0.493 e. The molecule has 0 saturated carbocycles. The second-order valence-electron chi connectivity index (χ2n) is 6.73. The molecule has 7 heteroatoms. The lowest BCUT2D eigenvalue weighted by atomic mass is 10.2. The number of hydrogen-bond acceptors (Lipinski definition) is 5. The van der Waals surface area contributed by atoms with Gasteiger partial charge in [0, 0.05) is 11.9 Å². The van der Waals surface area contributed by atoms with Gasteiger partial charge in [-0.25, -0.2) is 0 Å². The third-order valence-corrected chi connectivity index (χ3v) is 4.15. The molecular weight excluding hydrogens is 358 g/mol. The van der Waals surface area contributed by atoms with Crippen LogP contribution in [0.1, 0.15) is 13.8 Å². The van der Waals surface area contributed by atoms with Crippen molar-refractivity contribution in [2.75, 3.05) is 13.7 Å². The molecule has 0 bridgehead atoms. The van der Waals surface area contributed by atoms with E-state index in [1.807, 2.05) is 30.3 Å². The second kappa shape index (κ2) is 8.56. The van der Waals surface area contributed by atoms with Gasteiger partial charge in [-0.05, 0) is 24.1 Å². The summed E-state index contributed by atoms with van der Waals surface area (Å²) in [6.45, 7) is 4.48. The van der Waals surface area contributed by atoms with Crippen LogP contribution in [0.3, 0.4) is 0 Å². The third-order valence-electron chi connectivity index (χ3n) is 4.15. The predicted octanol–water partition coefficient (Wildman–Crippen LogP) is 4.70. The van der Waals surface area contributed by atoms with Crippen LogP contribution < -0.4 is 9.47 Å². The minimum absolute atomic E-state index is 0.00269. The average molecular weight is 381 g/mol. The molecule has 0 aliphatic heterocycles. The van der Waals surface area contributed by atoms with E-state index in [1.54, 1.807) is 22.8 Å². The van der Waals surface area contributed by atoms with E-state index in [-0.39, 0.29) is 18.2 Å². The maximum absolute atomic E-state index is 12.1. The van der Waals surface area contributed by atoms with E-state index in [0.717, 1.165) is 10.9 Å². The Labute approximate surface area is 163 Å². The quantitative estimate of drug-likeness (QED) is 0.601. The first kappa shape index (κ1) is 19.4. The number of nitrogens with zero attached hydrogens (tertiary/aromatic N) is 3. The van der Waals surface area contributed by atoms with E-state index in [4.69, 9.17) is 9.47 Å². The molecule has 0 saturated heterocycles. The molecule has 0 atom stereocenters. The summed E-state index contributed by atoms with van der Waals surface area (Å²) in [6.07, 6.45) is 0. The van der Waals surface area contributed by atoms with Crippen molar-refractivity contribution in [3.8, 4) is 17.4 Å². The van der Waals surface area contributed by atoms with E-state index in [1.165, 1.54) is 7.11 Å². The number of fused-ring (bicyclic) bond motifs is 1. The van der Waals surface area contributed by atoms with Gasteiger partial charge in [-0.3, -0.25) is 4.79 Å². The Kier molecular flexibility index (Phi) is 5.93. The Hall–Kier alpha value is -3.35. The van der Waals surface area contributed by atoms with Crippen LogP contribution in [0.5, 0.6) is 17.4 Å². The molecule has 0 unspecified atom stereocenters. The Morgan fingerprint density at radius 3 is 2.50 bits per heavy atom. The molecule has 0 radical (unpaired) electrons. The number of hydrogen-bond donors (Lipinski definition) is 1. The number of methoxy groups -OCH3 is 1. The number of benzene rings is 2. The van der Waals surface area contributed by atoms with Crippen LogP contribution in [0.2, 0.25) is 0 Å². The summed E-state index contributed by atoms with van der Waals surface area (Å²) >= 11 is 0. The molecule has 1 amide bonds. The fraction of sp³-hybridized carbons (Fsp3) is 0.286. The normalized spacial score (nSPS) is 11.4. The SMILES string of the molecule is COc1ccccc1OCC(=O)N=Nc1c(O)n(CC(C)C)c2ccccc12. The number of aromatic nitrogens is 1. The summed E-state index contributed by atoms with van der Waals surface area (Å²) in [7, 11) is 1.53. The Morgan fingerprint density at radius 1 is 1.11 bits per heavy atom. The van der Waals surface area contributed by atoms with Crippen LogP contribution in [0.15, 0.2) is 58.8 Å². The lowest BCUT2D eigenvalue weighted by Gasteiger charge is -2.09. The van der Waals surface area contributed by atoms with Crippen molar-refractivity contribution in [1.82, 2.24) is 4.57 Å². The molecule has 1 N–H and O–H groups in total. The maximum Gasteiger partial charge on any atom is 0.302 e. The molecule has 1 aromatic heterocycles. The van der Waals surface area contributed by atoms with Crippen LogP contribution in [-0.2, 0) is 11.3 Å². The van der Waals surface area contributed by atoms with Gasteiger partial charge in [0.1, 0.15) is 0 Å². The highest BCUT2D eigenvalue weighted by Crippen LogP contribution is 2.39. The van der Waals surface area contributed by atoms with Crippen LogP contribution in [0.25, 0.3) is 10.9 Å². The average Bonchev–Trinajstić information content (AvgIpc) is 2.96. The number of carbonyl (C=O) groups excluding carboxylic acids is 1. The molecule has 28 heavy (non-hydrogen) atoms. The Bertz CT molecular complexity index is 1010. The van der Waals surface area contributed by atoms with Crippen LogP contribution >= 0.6 is 0 Å². The van der Waals surface area contributed by atoms with Gasteiger partial charge in [-0.1, -0.05) is 44.2 Å². The fourth-order valence-corrected chi connectivity index (χ4v) is 2.93. The molecule has 0 spiro atoms. The first-order chi connectivity index (χ1) is 13.5. The van der Waals surface area contributed by atoms with Gasteiger partial charge in [-0.2, -0.15) is 0 Å². The molecule has 3 aromatic rings. The molecule has 0 fully saturated rings. The van der Waals surface area contributed by atoms with Crippen LogP contribution in [-0.4, -0.2) is 29.3 Å². The number of carbonyl (C=O) groups is 1. The molecular formula is C21H23N3O4. The molecule has 0 aliphatic rings. The zero-order valence-electron chi connectivity index (χ0n) is 16.1. The standard InChI is InChI=1S/C21H23N3O4/c1-14(2)12-24-16-9-5-4-8-15(16)20(21(24)26)23-22-19(25)13-28-18-11-7-6-10-17(18)27-3/h4-11,14,26H,12-13H2,1-3H3. The van der Waals surface area contributed by atoms with Crippen molar-refractivity contribution < 1.29 is 19.4 Å². The predicted molar refractivity (Wildman–Crippen MR) is 106 cm³/mol. The van der Waals surface area contributed by atoms with E-state index < -0.39 is 5.91 Å². The summed E-state index contributed by atoms with van der Waals surface area (Å²) in [5, 5.41) is 19.1. The smallest absolute Gasteiger partial charge is 0.302 e.